The first-order chi connectivity index (χ1) is 10.6. The van der Waals surface area contributed by atoms with Gasteiger partial charge in [-0.2, -0.15) is 0 Å². The number of amides is 2. The zero-order valence-electron chi connectivity index (χ0n) is 14.1. The first-order valence-corrected chi connectivity index (χ1v) is 9.17. The summed E-state index contributed by atoms with van der Waals surface area (Å²) in [5, 5.41) is 0. The Kier molecular flexibility index (Phi) is 4.74. The summed E-state index contributed by atoms with van der Waals surface area (Å²) in [4.78, 5) is 29.2. The number of carbonyl (C=O) groups is 2. The van der Waals surface area contributed by atoms with Crippen molar-refractivity contribution in [3.63, 3.8) is 0 Å². The number of hydrogen-bond donors (Lipinski definition) is 0. The van der Waals surface area contributed by atoms with Gasteiger partial charge in [0.05, 0.1) is 0 Å². The predicted octanol–water partition coefficient (Wildman–Crippen LogP) is 2.67. The highest BCUT2D eigenvalue weighted by molar-refractivity contribution is 5.90. The molecule has 0 N–H and O–H groups in total. The van der Waals surface area contributed by atoms with Gasteiger partial charge in [-0.25, -0.2) is 0 Å². The van der Waals surface area contributed by atoms with Crippen LogP contribution in [0.4, 0.5) is 0 Å². The Morgan fingerprint density at radius 3 is 2.27 bits per heavy atom. The molecule has 0 aromatic rings. The van der Waals surface area contributed by atoms with Crippen LogP contribution in [-0.2, 0) is 9.59 Å². The van der Waals surface area contributed by atoms with Gasteiger partial charge >= 0.3 is 0 Å². The van der Waals surface area contributed by atoms with Crippen molar-refractivity contribution in [3.05, 3.63) is 0 Å². The Morgan fingerprint density at radius 2 is 1.59 bits per heavy atom. The van der Waals surface area contributed by atoms with E-state index in [0.29, 0.717) is 5.92 Å². The Balaban J connectivity index is 1.61. The summed E-state index contributed by atoms with van der Waals surface area (Å²) in [6.07, 6.45) is 7.35. The van der Waals surface area contributed by atoms with Crippen molar-refractivity contribution in [2.75, 3.05) is 19.6 Å². The maximum absolute atomic E-state index is 12.9. The molecular formula is C18H30N2O2. The van der Waals surface area contributed by atoms with Crippen LogP contribution in [0, 0.1) is 17.8 Å². The van der Waals surface area contributed by atoms with E-state index in [1.165, 1.54) is 6.42 Å². The van der Waals surface area contributed by atoms with Crippen molar-refractivity contribution >= 4 is 11.8 Å². The summed E-state index contributed by atoms with van der Waals surface area (Å²) in [6.45, 7) is 7.12. The molecule has 2 atom stereocenters. The Labute approximate surface area is 134 Å². The molecule has 0 spiro atoms. The molecule has 0 bridgehead atoms. The Hall–Kier alpha value is -1.06. The van der Waals surface area contributed by atoms with Gasteiger partial charge in [-0.3, -0.25) is 9.59 Å². The third-order valence-electron chi connectivity index (χ3n) is 5.77. The van der Waals surface area contributed by atoms with Crippen LogP contribution in [0.1, 0.15) is 58.8 Å². The SMILES string of the molecule is CC(C)[C@@H]1CCCN(C(=O)[C@H]2CCCN2C(=O)C2CC2)CC1. The molecule has 3 aliphatic rings. The standard InChI is InChI=1S/C18H30N2O2/c1-13(2)14-5-3-10-19(12-9-14)18(22)16-6-4-11-20(16)17(21)15-7-8-15/h13-16H,3-12H2,1-2H3/t14-,16-/m1/s1. The lowest BCUT2D eigenvalue weighted by Gasteiger charge is -2.30. The van der Waals surface area contributed by atoms with Crippen molar-refractivity contribution in [3.8, 4) is 0 Å². The highest BCUT2D eigenvalue weighted by Gasteiger charge is 2.42. The second kappa shape index (κ2) is 6.59. The fourth-order valence-electron chi connectivity index (χ4n) is 4.07. The van der Waals surface area contributed by atoms with Gasteiger partial charge in [-0.1, -0.05) is 13.8 Å². The Morgan fingerprint density at radius 1 is 0.864 bits per heavy atom. The molecular weight excluding hydrogens is 276 g/mol. The summed E-state index contributed by atoms with van der Waals surface area (Å²) in [6, 6.07) is -0.163. The lowest BCUT2D eigenvalue weighted by molar-refractivity contribution is -0.144. The van der Waals surface area contributed by atoms with Crippen LogP contribution < -0.4 is 0 Å². The van der Waals surface area contributed by atoms with E-state index in [4.69, 9.17) is 0 Å². The van der Waals surface area contributed by atoms with Crippen LogP contribution in [0.15, 0.2) is 0 Å². The molecule has 3 rings (SSSR count). The predicted molar refractivity (Wildman–Crippen MR) is 86.2 cm³/mol. The normalized spacial score (nSPS) is 29.8. The van der Waals surface area contributed by atoms with Crippen molar-refractivity contribution in [1.29, 1.82) is 0 Å². The second-order valence-electron chi connectivity index (χ2n) is 7.72. The molecule has 0 aromatic heterocycles. The van der Waals surface area contributed by atoms with E-state index >= 15 is 0 Å². The van der Waals surface area contributed by atoms with Crippen LogP contribution in [0.3, 0.4) is 0 Å². The summed E-state index contributed by atoms with van der Waals surface area (Å²) in [5.41, 5.74) is 0. The van der Waals surface area contributed by atoms with Crippen LogP contribution in [0.5, 0.6) is 0 Å². The summed E-state index contributed by atoms with van der Waals surface area (Å²) >= 11 is 0. The molecule has 2 saturated heterocycles. The number of rotatable bonds is 3. The van der Waals surface area contributed by atoms with Crippen LogP contribution in [0.2, 0.25) is 0 Å². The minimum Gasteiger partial charge on any atom is -0.341 e. The zero-order chi connectivity index (χ0) is 15.7. The molecule has 3 fully saturated rings. The number of carbonyl (C=O) groups excluding carboxylic acids is 2. The third kappa shape index (κ3) is 3.31. The number of hydrogen-bond acceptors (Lipinski definition) is 2. The van der Waals surface area contributed by atoms with Gasteiger partial charge in [0.15, 0.2) is 0 Å². The molecule has 1 saturated carbocycles. The van der Waals surface area contributed by atoms with Gasteiger partial charge in [0.25, 0.3) is 0 Å². The van der Waals surface area contributed by atoms with Gasteiger partial charge < -0.3 is 9.80 Å². The average molecular weight is 306 g/mol. The fraction of sp³-hybridized carbons (Fsp3) is 0.889. The molecule has 2 heterocycles. The molecule has 0 radical (unpaired) electrons. The fourth-order valence-corrected chi connectivity index (χ4v) is 4.07. The molecule has 0 aromatic carbocycles. The van der Waals surface area contributed by atoms with Gasteiger partial charge in [0, 0.05) is 25.6 Å². The van der Waals surface area contributed by atoms with E-state index < -0.39 is 0 Å². The maximum Gasteiger partial charge on any atom is 0.245 e. The highest BCUT2D eigenvalue weighted by atomic mass is 16.2. The van der Waals surface area contributed by atoms with Gasteiger partial charge in [-0.05, 0) is 56.8 Å². The second-order valence-corrected chi connectivity index (χ2v) is 7.72. The molecule has 0 unspecified atom stereocenters. The first kappa shape index (κ1) is 15.8. The topological polar surface area (TPSA) is 40.6 Å². The summed E-state index contributed by atoms with van der Waals surface area (Å²) < 4.78 is 0. The van der Waals surface area contributed by atoms with E-state index in [0.717, 1.165) is 64.1 Å². The number of nitrogens with zero attached hydrogens (tertiary/aromatic N) is 2. The highest BCUT2D eigenvalue weighted by Crippen LogP contribution is 2.34. The van der Waals surface area contributed by atoms with Crippen molar-refractivity contribution in [1.82, 2.24) is 9.80 Å². The van der Waals surface area contributed by atoms with E-state index in [1.54, 1.807) is 0 Å². The van der Waals surface area contributed by atoms with Crippen molar-refractivity contribution in [2.24, 2.45) is 17.8 Å². The minimum atomic E-state index is -0.163. The van der Waals surface area contributed by atoms with E-state index in [2.05, 4.69) is 13.8 Å². The zero-order valence-corrected chi connectivity index (χ0v) is 14.1. The number of likely N-dealkylation sites (tertiary alicyclic amines) is 2. The van der Waals surface area contributed by atoms with Crippen molar-refractivity contribution < 1.29 is 9.59 Å². The molecule has 22 heavy (non-hydrogen) atoms. The van der Waals surface area contributed by atoms with Crippen LogP contribution in [-0.4, -0.2) is 47.3 Å². The molecule has 124 valence electrons. The van der Waals surface area contributed by atoms with Crippen molar-refractivity contribution in [2.45, 2.75) is 64.8 Å². The average Bonchev–Trinajstić information content (AvgIpc) is 3.27. The monoisotopic (exact) mass is 306 g/mol. The van der Waals surface area contributed by atoms with Gasteiger partial charge in [0.2, 0.25) is 11.8 Å². The molecule has 4 heteroatoms. The third-order valence-corrected chi connectivity index (χ3v) is 5.77. The van der Waals surface area contributed by atoms with Crippen LogP contribution in [0.25, 0.3) is 0 Å². The van der Waals surface area contributed by atoms with E-state index in [1.807, 2.05) is 9.80 Å². The minimum absolute atomic E-state index is 0.163. The van der Waals surface area contributed by atoms with E-state index in [9.17, 15) is 9.59 Å². The van der Waals surface area contributed by atoms with Gasteiger partial charge in [0.1, 0.15) is 6.04 Å². The molecule has 4 nitrogen and oxygen atoms in total. The molecule has 2 aliphatic heterocycles. The smallest absolute Gasteiger partial charge is 0.245 e. The lowest BCUT2D eigenvalue weighted by Crippen LogP contribution is -2.48. The summed E-state index contributed by atoms with van der Waals surface area (Å²) in [7, 11) is 0. The molecule has 2 amide bonds. The molecule has 1 aliphatic carbocycles. The Bertz CT molecular complexity index is 431. The largest absolute Gasteiger partial charge is 0.341 e. The lowest BCUT2D eigenvalue weighted by atomic mass is 9.89. The summed E-state index contributed by atoms with van der Waals surface area (Å²) in [5.74, 6) is 2.13. The quantitative estimate of drug-likeness (QED) is 0.804. The maximum atomic E-state index is 12.9. The van der Waals surface area contributed by atoms with E-state index in [-0.39, 0.29) is 23.8 Å². The first-order valence-electron chi connectivity index (χ1n) is 9.17. The van der Waals surface area contributed by atoms with Gasteiger partial charge in [-0.15, -0.1) is 0 Å². The van der Waals surface area contributed by atoms with Crippen LogP contribution >= 0.6 is 0 Å².